The number of fused-ring (bicyclic) bond motifs is 1. The van der Waals surface area contributed by atoms with Crippen molar-refractivity contribution in [3.8, 4) is 5.75 Å². The van der Waals surface area contributed by atoms with Crippen LogP contribution in [0.1, 0.15) is 49.7 Å². The zero-order chi connectivity index (χ0) is 43.8. The summed E-state index contributed by atoms with van der Waals surface area (Å²) in [5.74, 6) is 1.00. The van der Waals surface area contributed by atoms with Crippen molar-refractivity contribution in [1.29, 1.82) is 0 Å². The van der Waals surface area contributed by atoms with Crippen molar-refractivity contribution in [2.24, 2.45) is 0 Å². The molecule has 0 radical (unpaired) electrons. The molecule has 1 atom stereocenters. The van der Waals surface area contributed by atoms with Crippen molar-refractivity contribution in [3.63, 3.8) is 0 Å². The van der Waals surface area contributed by atoms with E-state index in [1.165, 1.54) is 11.3 Å². The van der Waals surface area contributed by atoms with Crippen molar-refractivity contribution in [1.82, 2.24) is 35.1 Å². The number of methoxy groups -OCH3 is 1. The number of amides is 2. The van der Waals surface area contributed by atoms with E-state index in [1.807, 2.05) is 24.3 Å². The predicted molar refractivity (Wildman–Crippen MR) is 253 cm³/mol. The third kappa shape index (κ3) is 9.13. The van der Waals surface area contributed by atoms with E-state index in [0.29, 0.717) is 68.9 Å². The molecule has 3 aromatic carbocycles. The number of piperidine rings is 2. The first-order valence-electron chi connectivity index (χ1n) is 21.9. The summed E-state index contributed by atoms with van der Waals surface area (Å²) in [6.45, 7) is 14.0. The van der Waals surface area contributed by atoms with Crippen molar-refractivity contribution in [2.45, 2.75) is 57.0 Å². The van der Waals surface area contributed by atoms with Crippen LogP contribution in [0.15, 0.2) is 71.6 Å². The van der Waals surface area contributed by atoms with E-state index in [2.05, 4.69) is 97.6 Å². The van der Waals surface area contributed by atoms with Gasteiger partial charge in [-0.25, -0.2) is 4.98 Å². The molecule has 0 spiro atoms. The Kier molecular flexibility index (Phi) is 12.4. The summed E-state index contributed by atoms with van der Waals surface area (Å²) in [5.41, 5.74) is 7.29. The molecule has 2 aromatic heterocycles. The number of rotatable bonds is 12. The van der Waals surface area contributed by atoms with Gasteiger partial charge in [0.15, 0.2) is 0 Å². The van der Waals surface area contributed by atoms with E-state index < -0.39 is 7.14 Å². The fourth-order valence-corrected chi connectivity index (χ4v) is 11.4. The lowest BCUT2D eigenvalue weighted by molar-refractivity contribution is -0.134. The Morgan fingerprint density at radius 1 is 0.857 bits per heavy atom. The molecule has 15 nitrogen and oxygen atoms in total. The Labute approximate surface area is 376 Å². The number of imide groups is 1. The third-order valence-corrected chi connectivity index (χ3v) is 15.2. The van der Waals surface area contributed by atoms with Gasteiger partial charge in [0.25, 0.3) is 0 Å². The van der Waals surface area contributed by atoms with Gasteiger partial charge in [-0.3, -0.25) is 34.7 Å². The lowest BCUT2D eigenvalue weighted by atomic mass is 9.90. The smallest absolute Gasteiger partial charge is 0.234 e. The molecule has 4 aliphatic rings. The van der Waals surface area contributed by atoms with Crippen molar-refractivity contribution in [2.75, 3.05) is 93.2 Å². The van der Waals surface area contributed by atoms with Crippen LogP contribution < -0.4 is 35.8 Å². The second kappa shape index (κ2) is 18.1. The lowest BCUT2D eigenvalue weighted by Gasteiger charge is -2.50. The highest BCUT2D eigenvalue weighted by Crippen LogP contribution is 2.42. The van der Waals surface area contributed by atoms with Gasteiger partial charge in [-0.15, -0.1) is 0 Å². The maximum absolute atomic E-state index is 13.5. The largest absolute Gasteiger partial charge is 0.494 e. The van der Waals surface area contributed by atoms with Gasteiger partial charge in [-0.05, 0) is 96.4 Å². The molecule has 0 aliphatic carbocycles. The molecule has 3 N–H and O–H groups in total. The number of halogens is 1. The predicted octanol–water partition coefficient (Wildman–Crippen LogP) is 6.48. The molecular weight excluding hydrogens is 881 g/mol. The van der Waals surface area contributed by atoms with Crippen LogP contribution in [0.2, 0.25) is 0 Å². The van der Waals surface area contributed by atoms with Crippen LogP contribution in [0.5, 0.6) is 5.75 Å². The van der Waals surface area contributed by atoms with Crippen LogP contribution in [0.25, 0.3) is 11.0 Å². The molecule has 5 aromatic rings. The van der Waals surface area contributed by atoms with Crippen LogP contribution in [0.4, 0.5) is 34.5 Å². The summed E-state index contributed by atoms with van der Waals surface area (Å²) >= 11 is 3.60. The zero-order valence-corrected chi connectivity index (χ0v) is 38.8. The van der Waals surface area contributed by atoms with Gasteiger partial charge < -0.3 is 29.7 Å². The molecule has 0 bridgehead atoms. The summed E-state index contributed by atoms with van der Waals surface area (Å²) in [4.78, 5) is 52.8. The van der Waals surface area contributed by atoms with Gasteiger partial charge in [0.1, 0.15) is 24.2 Å². The van der Waals surface area contributed by atoms with E-state index in [0.717, 1.165) is 88.6 Å². The quantitative estimate of drug-likeness (QED) is 0.0921. The monoisotopic (exact) mass is 935 g/mol. The number of aromatic nitrogens is 4. The summed E-state index contributed by atoms with van der Waals surface area (Å²) in [6.07, 6.45) is 8.99. The first-order chi connectivity index (χ1) is 30.4. The number of benzene rings is 3. The number of nitrogens with zero attached hydrogens (tertiary/aromatic N) is 8. The maximum atomic E-state index is 13.5. The van der Waals surface area contributed by atoms with E-state index >= 15 is 0 Å². The molecule has 9 rings (SSSR count). The highest BCUT2D eigenvalue weighted by molar-refractivity contribution is 9.10. The number of nitrogens with one attached hydrogen (secondary N) is 3. The molecule has 17 heteroatoms. The minimum atomic E-state index is -2.77. The van der Waals surface area contributed by atoms with E-state index in [4.69, 9.17) is 9.72 Å². The fourth-order valence-electron chi connectivity index (χ4n) is 9.68. The molecule has 6 heterocycles. The summed E-state index contributed by atoms with van der Waals surface area (Å²) in [5, 5.41) is 9.92. The third-order valence-electron chi connectivity index (χ3n) is 13.1. The Bertz CT molecular complexity index is 2570. The van der Waals surface area contributed by atoms with Crippen LogP contribution in [-0.4, -0.2) is 126 Å². The summed E-state index contributed by atoms with van der Waals surface area (Å²) < 4.78 is 20.2. The Balaban J connectivity index is 0.797. The molecule has 2 amide bonds. The number of piperazine rings is 1. The van der Waals surface area contributed by atoms with Gasteiger partial charge in [0, 0.05) is 107 Å². The van der Waals surface area contributed by atoms with Gasteiger partial charge in [-0.1, -0.05) is 19.1 Å². The van der Waals surface area contributed by atoms with E-state index in [9.17, 15) is 14.2 Å². The van der Waals surface area contributed by atoms with Crippen LogP contribution in [0, 0.1) is 0 Å². The molecule has 63 heavy (non-hydrogen) atoms. The molecule has 4 aliphatic heterocycles. The second-order valence-corrected chi connectivity index (χ2v) is 21.4. The van der Waals surface area contributed by atoms with Crippen LogP contribution in [-0.2, 0) is 20.6 Å². The van der Waals surface area contributed by atoms with Crippen molar-refractivity contribution >= 4 is 85.7 Å². The van der Waals surface area contributed by atoms with Gasteiger partial charge >= 0.3 is 0 Å². The number of hydrogen-bond acceptors (Lipinski definition) is 14. The van der Waals surface area contributed by atoms with E-state index in [-0.39, 0.29) is 17.7 Å². The number of carbonyl (C=O) groups excluding carboxylic acids is 2. The molecule has 0 saturated carbocycles. The number of aryl methyl sites for hydroxylation is 1. The number of hydrogen-bond donors (Lipinski definition) is 3. The SMILES string of the molecule is CCc1cc(Nc2ncc(Br)c(Nc3ccc4nccnc4c3P(C)(C)=O)n2)c(OC)cc1N1CCC(N2CCN(C3CN(c4cccc(C5CCC(=O)NC5=O)c4)C3)CC2)CC1. The lowest BCUT2D eigenvalue weighted by Crippen LogP contribution is -2.64. The summed E-state index contributed by atoms with van der Waals surface area (Å²) in [7, 11) is -1.08. The van der Waals surface area contributed by atoms with Crippen LogP contribution in [0.3, 0.4) is 0 Å². The number of ether oxygens (including phenoxy) is 1. The minimum absolute atomic E-state index is 0.177. The number of carbonyl (C=O) groups is 2. The minimum Gasteiger partial charge on any atom is -0.494 e. The highest BCUT2D eigenvalue weighted by atomic mass is 79.9. The van der Waals surface area contributed by atoms with Gasteiger partial charge in [0.2, 0.25) is 17.8 Å². The first kappa shape index (κ1) is 43.1. The molecule has 4 fully saturated rings. The highest BCUT2D eigenvalue weighted by Gasteiger charge is 2.36. The molecule has 330 valence electrons. The van der Waals surface area contributed by atoms with Crippen molar-refractivity contribution in [3.05, 3.63) is 82.7 Å². The Morgan fingerprint density at radius 2 is 1.60 bits per heavy atom. The van der Waals surface area contributed by atoms with Crippen molar-refractivity contribution < 1.29 is 18.9 Å². The fraction of sp³-hybridized carbons (Fsp3) is 0.435. The van der Waals surface area contributed by atoms with E-state index in [1.54, 1.807) is 39.0 Å². The second-order valence-electron chi connectivity index (χ2n) is 17.4. The number of anilines is 6. The Hall–Kier alpha value is -5.15. The average molecular weight is 937 g/mol. The summed E-state index contributed by atoms with van der Waals surface area (Å²) in [6, 6.07) is 17.5. The topological polar surface area (TPSA) is 161 Å². The molecular formula is C46H55BrN11O4P. The first-order valence-corrected chi connectivity index (χ1v) is 25.3. The normalized spacial score (nSPS) is 19.5. The standard InChI is InChI=1S/C46H55BrN11O4P/c1-5-29-24-38(52-46-50-26-35(47)44(54-46)51-37-11-10-36-42(49-16-15-48-36)43(37)63(3,4)61)40(62-2)25-39(29)57-17-13-31(14-18-57)55-19-21-56(22-20-55)33-27-58(28-33)32-8-6-7-30(23-32)34-9-12-41(59)53-45(34)60/h6-8,10-11,15-16,23-26,31,33-34H,5,9,12-14,17-22,27-28H2,1-4H3,(H,53,59,60)(H2,50,51,52,54). The molecule has 1 unspecified atom stereocenters. The molecule has 4 saturated heterocycles. The Morgan fingerprint density at radius 3 is 2.32 bits per heavy atom. The van der Waals surface area contributed by atoms with Crippen LogP contribution >= 0.6 is 23.1 Å². The zero-order valence-electron chi connectivity index (χ0n) is 36.3. The van der Waals surface area contributed by atoms with Gasteiger partial charge in [0.05, 0.1) is 39.7 Å². The maximum Gasteiger partial charge on any atom is 0.234 e. The van der Waals surface area contributed by atoms with Gasteiger partial charge in [-0.2, -0.15) is 4.98 Å². The average Bonchev–Trinajstić information content (AvgIpc) is 3.27.